The van der Waals surface area contributed by atoms with Gasteiger partial charge in [0.25, 0.3) is 0 Å². The summed E-state index contributed by atoms with van der Waals surface area (Å²) in [5.41, 5.74) is 0.219. The van der Waals surface area contributed by atoms with E-state index in [1.54, 1.807) is 0 Å². The van der Waals surface area contributed by atoms with Gasteiger partial charge in [0.2, 0.25) is 0 Å². The maximum atomic E-state index is 13.4. The number of rotatable bonds is 5. The van der Waals surface area contributed by atoms with Crippen LogP contribution in [0.15, 0.2) is 16.6 Å². The number of halogens is 2. The fraction of sp³-hybridized carbons (Fsp3) is 0.417. The van der Waals surface area contributed by atoms with Gasteiger partial charge in [-0.3, -0.25) is 0 Å². The van der Waals surface area contributed by atoms with E-state index in [0.29, 0.717) is 6.61 Å². The smallest absolute Gasteiger partial charge is 0.341 e. The van der Waals surface area contributed by atoms with Crippen LogP contribution in [0.25, 0.3) is 0 Å². The molecule has 0 unspecified atom stereocenters. The first-order chi connectivity index (χ1) is 8.10. The molecule has 0 aliphatic carbocycles. The molecule has 3 nitrogen and oxygen atoms in total. The van der Waals surface area contributed by atoms with Crippen molar-refractivity contribution in [2.45, 2.75) is 19.8 Å². The van der Waals surface area contributed by atoms with Crippen LogP contribution in [0.4, 0.5) is 4.39 Å². The first-order valence-corrected chi connectivity index (χ1v) is 6.09. The van der Waals surface area contributed by atoms with Gasteiger partial charge in [-0.1, -0.05) is 13.3 Å². The number of carbonyl (C=O) groups is 1. The monoisotopic (exact) mass is 304 g/mol. The molecule has 0 fully saturated rings. The molecule has 0 aromatic heterocycles. The third-order valence-electron chi connectivity index (χ3n) is 2.18. The van der Waals surface area contributed by atoms with Crippen LogP contribution >= 0.6 is 15.9 Å². The van der Waals surface area contributed by atoms with Crippen molar-refractivity contribution < 1.29 is 18.7 Å². The Morgan fingerprint density at radius 2 is 2.18 bits per heavy atom. The third-order valence-corrected chi connectivity index (χ3v) is 2.79. The van der Waals surface area contributed by atoms with Crippen LogP contribution in [-0.2, 0) is 4.74 Å². The average Bonchev–Trinajstić information content (AvgIpc) is 2.32. The Bertz CT molecular complexity index is 407. The molecular weight excluding hydrogens is 291 g/mol. The number of hydrogen-bond donors (Lipinski definition) is 0. The predicted octanol–water partition coefficient (Wildman–Crippen LogP) is 3.55. The normalized spacial score (nSPS) is 10.1. The van der Waals surface area contributed by atoms with Crippen molar-refractivity contribution >= 4 is 21.9 Å². The third kappa shape index (κ3) is 3.70. The molecule has 0 N–H and O–H groups in total. The Morgan fingerprint density at radius 1 is 1.47 bits per heavy atom. The SMILES string of the molecule is CCCCOc1cc(F)c(Br)cc1C(=O)OC. The number of hydrogen-bond acceptors (Lipinski definition) is 3. The van der Waals surface area contributed by atoms with Gasteiger partial charge in [0, 0.05) is 6.07 Å². The fourth-order valence-electron chi connectivity index (χ4n) is 1.24. The molecule has 0 atom stereocenters. The van der Waals surface area contributed by atoms with Gasteiger partial charge < -0.3 is 9.47 Å². The summed E-state index contributed by atoms with van der Waals surface area (Å²) in [6, 6.07) is 2.55. The van der Waals surface area contributed by atoms with Crippen molar-refractivity contribution in [3.63, 3.8) is 0 Å². The van der Waals surface area contributed by atoms with Gasteiger partial charge in [0.15, 0.2) is 0 Å². The summed E-state index contributed by atoms with van der Waals surface area (Å²) in [6.07, 6.45) is 1.81. The zero-order chi connectivity index (χ0) is 12.8. The zero-order valence-electron chi connectivity index (χ0n) is 9.76. The van der Waals surface area contributed by atoms with Crippen molar-refractivity contribution in [1.82, 2.24) is 0 Å². The maximum Gasteiger partial charge on any atom is 0.341 e. The molecule has 0 aliphatic heterocycles. The van der Waals surface area contributed by atoms with Gasteiger partial charge in [-0.05, 0) is 28.4 Å². The van der Waals surface area contributed by atoms with E-state index in [-0.39, 0.29) is 15.8 Å². The van der Waals surface area contributed by atoms with Crippen LogP contribution in [0.5, 0.6) is 5.75 Å². The molecule has 5 heteroatoms. The maximum absolute atomic E-state index is 13.4. The Hall–Kier alpha value is -1.10. The van der Waals surface area contributed by atoms with Gasteiger partial charge in [-0.2, -0.15) is 0 Å². The van der Waals surface area contributed by atoms with Crippen molar-refractivity contribution in [2.24, 2.45) is 0 Å². The molecule has 1 aromatic carbocycles. The van der Waals surface area contributed by atoms with Gasteiger partial charge in [-0.25, -0.2) is 9.18 Å². The van der Waals surface area contributed by atoms with E-state index < -0.39 is 11.8 Å². The second kappa shape index (κ2) is 6.59. The van der Waals surface area contributed by atoms with E-state index >= 15 is 0 Å². The molecule has 17 heavy (non-hydrogen) atoms. The lowest BCUT2D eigenvalue weighted by molar-refractivity contribution is 0.0595. The molecule has 0 saturated heterocycles. The highest BCUT2D eigenvalue weighted by atomic mass is 79.9. The number of carbonyl (C=O) groups excluding carboxylic acids is 1. The minimum Gasteiger partial charge on any atom is -0.493 e. The summed E-state index contributed by atoms with van der Waals surface area (Å²) >= 11 is 3.02. The minimum atomic E-state index is -0.544. The van der Waals surface area contributed by atoms with Crippen LogP contribution in [0.3, 0.4) is 0 Å². The summed E-state index contributed by atoms with van der Waals surface area (Å²) in [5.74, 6) is -0.799. The second-order valence-corrected chi connectivity index (χ2v) is 4.31. The van der Waals surface area contributed by atoms with E-state index in [1.807, 2.05) is 6.92 Å². The molecule has 1 rings (SSSR count). The number of esters is 1. The van der Waals surface area contributed by atoms with Crippen molar-refractivity contribution in [3.8, 4) is 5.75 Å². The van der Waals surface area contributed by atoms with Gasteiger partial charge in [0.1, 0.15) is 17.1 Å². The lowest BCUT2D eigenvalue weighted by Crippen LogP contribution is -2.07. The molecule has 1 aromatic rings. The van der Waals surface area contributed by atoms with Gasteiger partial charge in [-0.15, -0.1) is 0 Å². The average molecular weight is 305 g/mol. The molecule has 0 aliphatic rings. The lowest BCUT2D eigenvalue weighted by Gasteiger charge is -2.10. The van der Waals surface area contributed by atoms with Crippen molar-refractivity contribution in [3.05, 3.63) is 28.0 Å². The zero-order valence-corrected chi connectivity index (χ0v) is 11.3. The highest BCUT2D eigenvalue weighted by Crippen LogP contribution is 2.27. The molecule has 0 heterocycles. The van der Waals surface area contributed by atoms with E-state index in [0.717, 1.165) is 12.8 Å². The molecular formula is C12H14BrFO3. The second-order valence-electron chi connectivity index (χ2n) is 3.46. The van der Waals surface area contributed by atoms with Crippen LogP contribution in [0, 0.1) is 5.82 Å². The van der Waals surface area contributed by atoms with E-state index in [2.05, 4.69) is 20.7 Å². The Balaban J connectivity index is 2.99. The largest absolute Gasteiger partial charge is 0.493 e. The molecule has 0 bridgehead atoms. The Labute approximate surface area is 108 Å². The minimum absolute atomic E-state index is 0.209. The topological polar surface area (TPSA) is 35.5 Å². The van der Waals surface area contributed by atoms with Crippen molar-refractivity contribution in [2.75, 3.05) is 13.7 Å². The molecule has 94 valence electrons. The summed E-state index contributed by atoms with van der Waals surface area (Å²) < 4.78 is 23.6. The van der Waals surface area contributed by atoms with Crippen LogP contribution in [0.1, 0.15) is 30.1 Å². The van der Waals surface area contributed by atoms with E-state index in [1.165, 1.54) is 19.2 Å². The first kappa shape index (κ1) is 14.0. The molecule has 0 amide bonds. The highest BCUT2D eigenvalue weighted by Gasteiger charge is 2.16. The van der Waals surface area contributed by atoms with Crippen molar-refractivity contribution in [1.29, 1.82) is 0 Å². The molecule has 0 saturated carbocycles. The van der Waals surface area contributed by atoms with E-state index in [9.17, 15) is 9.18 Å². The summed E-state index contributed by atoms with van der Waals surface area (Å²) in [6.45, 7) is 2.47. The van der Waals surface area contributed by atoms with Gasteiger partial charge in [0.05, 0.1) is 18.2 Å². The molecule has 0 radical (unpaired) electrons. The van der Waals surface area contributed by atoms with Gasteiger partial charge >= 0.3 is 5.97 Å². The summed E-state index contributed by atoms with van der Waals surface area (Å²) in [5, 5.41) is 0. The molecule has 0 spiro atoms. The summed E-state index contributed by atoms with van der Waals surface area (Å²) in [4.78, 5) is 11.5. The summed E-state index contributed by atoms with van der Waals surface area (Å²) in [7, 11) is 1.27. The predicted molar refractivity (Wildman–Crippen MR) is 65.8 cm³/mol. The fourth-order valence-corrected chi connectivity index (χ4v) is 1.59. The number of benzene rings is 1. The van der Waals surface area contributed by atoms with Crippen LogP contribution < -0.4 is 4.74 Å². The standard InChI is InChI=1S/C12H14BrFO3/c1-3-4-5-17-11-7-10(14)9(13)6-8(11)12(15)16-2/h6-7H,3-5H2,1-2H3. The Morgan fingerprint density at radius 3 is 2.76 bits per heavy atom. The number of unbranched alkanes of at least 4 members (excludes halogenated alkanes) is 1. The number of ether oxygens (including phenoxy) is 2. The highest BCUT2D eigenvalue weighted by molar-refractivity contribution is 9.10. The van der Waals surface area contributed by atoms with E-state index in [4.69, 9.17) is 4.74 Å². The first-order valence-electron chi connectivity index (χ1n) is 5.30. The van der Waals surface area contributed by atoms with Crippen LogP contribution in [-0.4, -0.2) is 19.7 Å². The number of methoxy groups -OCH3 is 1. The Kier molecular flexibility index (Phi) is 5.41. The van der Waals surface area contributed by atoms with Crippen LogP contribution in [0.2, 0.25) is 0 Å². The lowest BCUT2D eigenvalue weighted by atomic mass is 10.2. The quantitative estimate of drug-likeness (QED) is 0.616.